The number of hydrogen-bond donors (Lipinski definition) is 1. The third-order valence-corrected chi connectivity index (χ3v) is 2.09. The molecular formula is C10H19N3. The molecule has 0 fully saturated rings. The van der Waals surface area contributed by atoms with Gasteiger partial charge >= 0.3 is 0 Å². The molecule has 1 unspecified atom stereocenters. The summed E-state index contributed by atoms with van der Waals surface area (Å²) in [5.41, 5.74) is 5.70. The Morgan fingerprint density at radius 1 is 1.62 bits per heavy atom. The van der Waals surface area contributed by atoms with Gasteiger partial charge in [0.2, 0.25) is 0 Å². The fourth-order valence-electron chi connectivity index (χ4n) is 1.37. The van der Waals surface area contributed by atoms with Crippen molar-refractivity contribution in [2.24, 2.45) is 5.73 Å². The predicted molar refractivity (Wildman–Crippen MR) is 54.5 cm³/mol. The van der Waals surface area contributed by atoms with E-state index in [0.717, 1.165) is 25.8 Å². The summed E-state index contributed by atoms with van der Waals surface area (Å²) in [5.74, 6) is 1.17. The minimum Gasteiger partial charge on any atom is -0.335 e. The van der Waals surface area contributed by atoms with Gasteiger partial charge < -0.3 is 10.3 Å². The van der Waals surface area contributed by atoms with Crippen LogP contribution < -0.4 is 5.73 Å². The van der Waals surface area contributed by atoms with Crippen LogP contribution in [0, 0.1) is 0 Å². The zero-order valence-corrected chi connectivity index (χ0v) is 8.53. The predicted octanol–water partition coefficient (Wildman–Crippen LogP) is 1.57. The maximum Gasteiger partial charge on any atom is 0.108 e. The molecule has 1 atom stereocenters. The van der Waals surface area contributed by atoms with Crippen molar-refractivity contribution in [2.75, 3.05) is 0 Å². The first-order valence-electron chi connectivity index (χ1n) is 4.99. The monoisotopic (exact) mass is 181 g/mol. The number of nitrogens with two attached hydrogens (primary N) is 1. The highest BCUT2D eigenvalue weighted by atomic mass is 15.1. The van der Waals surface area contributed by atoms with Crippen molar-refractivity contribution in [1.29, 1.82) is 0 Å². The summed E-state index contributed by atoms with van der Waals surface area (Å²) in [6, 6.07) is 0.270. The Kier molecular flexibility index (Phi) is 3.96. The van der Waals surface area contributed by atoms with Gasteiger partial charge in [-0.25, -0.2) is 4.98 Å². The van der Waals surface area contributed by atoms with Gasteiger partial charge in [-0.05, 0) is 19.8 Å². The molecule has 74 valence electrons. The molecule has 0 saturated carbocycles. The van der Waals surface area contributed by atoms with Crippen molar-refractivity contribution >= 4 is 0 Å². The van der Waals surface area contributed by atoms with Crippen LogP contribution in [-0.4, -0.2) is 15.6 Å². The molecule has 0 aliphatic carbocycles. The van der Waals surface area contributed by atoms with Crippen molar-refractivity contribution in [3.63, 3.8) is 0 Å². The summed E-state index contributed by atoms with van der Waals surface area (Å²) in [7, 11) is 0. The van der Waals surface area contributed by atoms with Crippen LogP contribution in [-0.2, 0) is 13.0 Å². The first-order chi connectivity index (χ1) is 6.24. The smallest absolute Gasteiger partial charge is 0.108 e. The van der Waals surface area contributed by atoms with E-state index in [1.165, 1.54) is 5.82 Å². The van der Waals surface area contributed by atoms with Crippen LogP contribution in [0.25, 0.3) is 0 Å². The van der Waals surface area contributed by atoms with E-state index < -0.39 is 0 Å². The molecule has 3 heteroatoms. The molecule has 0 bridgehead atoms. The van der Waals surface area contributed by atoms with Gasteiger partial charge in [0.15, 0.2) is 0 Å². The van der Waals surface area contributed by atoms with E-state index in [2.05, 4.69) is 16.5 Å². The average molecular weight is 181 g/mol. The molecule has 0 aromatic carbocycles. The SMILES string of the molecule is CCCn1ccnc1CCC(C)N. The molecular weight excluding hydrogens is 162 g/mol. The molecule has 3 nitrogen and oxygen atoms in total. The molecule has 1 rings (SSSR count). The largest absolute Gasteiger partial charge is 0.335 e. The molecule has 0 spiro atoms. The van der Waals surface area contributed by atoms with Gasteiger partial charge in [-0.15, -0.1) is 0 Å². The van der Waals surface area contributed by atoms with Crippen LogP contribution in [0.4, 0.5) is 0 Å². The molecule has 0 aliphatic heterocycles. The van der Waals surface area contributed by atoms with Crippen LogP contribution in [0.1, 0.15) is 32.5 Å². The Balaban J connectivity index is 2.49. The van der Waals surface area contributed by atoms with Crippen molar-refractivity contribution in [1.82, 2.24) is 9.55 Å². The lowest BCUT2D eigenvalue weighted by Crippen LogP contribution is -2.16. The molecule has 0 aliphatic rings. The Morgan fingerprint density at radius 3 is 3.00 bits per heavy atom. The number of nitrogens with zero attached hydrogens (tertiary/aromatic N) is 2. The van der Waals surface area contributed by atoms with Crippen molar-refractivity contribution < 1.29 is 0 Å². The number of imidazole rings is 1. The maximum absolute atomic E-state index is 5.70. The second kappa shape index (κ2) is 5.02. The highest BCUT2D eigenvalue weighted by molar-refractivity contribution is 4.92. The zero-order valence-electron chi connectivity index (χ0n) is 8.53. The standard InChI is InChI=1S/C10H19N3/c1-3-7-13-8-6-12-10(13)5-4-9(2)11/h6,8-9H,3-5,7,11H2,1-2H3. The highest BCUT2D eigenvalue weighted by Gasteiger charge is 2.02. The zero-order chi connectivity index (χ0) is 9.68. The van der Waals surface area contributed by atoms with E-state index in [4.69, 9.17) is 5.73 Å². The van der Waals surface area contributed by atoms with Crippen LogP contribution in [0.5, 0.6) is 0 Å². The first-order valence-corrected chi connectivity index (χ1v) is 4.99. The third kappa shape index (κ3) is 3.19. The Morgan fingerprint density at radius 2 is 2.38 bits per heavy atom. The second-order valence-electron chi connectivity index (χ2n) is 3.55. The van der Waals surface area contributed by atoms with Crippen LogP contribution in [0.15, 0.2) is 12.4 Å². The normalized spacial score (nSPS) is 13.2. The van der Waals surface area contributed by atoms with Gasteiger partial charge in [-0.1, -0.05) is 6.92 Å². The molecule has 13 heavy (non-hydrogen) atoms. The van der Waals surface area contributed by atoms with E-state index in [0.29, 0.717) is 0 Å². The van der Waals surface area contributed by atoms with Gasteiger partial charge in [0.25, 0.3) is 0 Å². The number of rotatable bonds is 5. The van der Waals surface area contributed by atoms with Gasteiger partial charge in [0, 0.05) is 31.4 Å². The topological polar surface area (TPSA) is 43.8 Å². The van der Waals surface area contributed by atoms with E-state index in [1.807, 2.05) is 19.3 Å². The molecule has 0 radical (unpaired) electrons. The highest BCUT2D eigenvalue weighted by Crippen LogP contribution is 2.03. The van der Waals surface area contributed by atoms with Crippen LogP contribution in [0.3, 0.4) is 0 Å². The van der Waals surface area contributed by atoms with Crippen molar-refractivity contribution in [3.05, 3.63) is 18.2 Å². The fourth-order valence-corrected chi connectivity index (χ4v) is 1.37. The Hall–Kier alpha value is -0.830. The van der Waals surface area contributed by atoms with Gasteiger partial charge in [0.1, 0.15) is 5.82 Å². The average Bonchev–Trinajstić information content (AvgIpc) is 2.49. The van der Waals surface area contributed by atoms with Crippen LogP contribution >= 0.6 is 0 Å². The Labute approximate surface area is 80.0 Å². The molecule has 1 aromatic heterocycles. The summed E-state index contributed by atoms with van der Waals surface area (Å²) in [5, 5.41) is 0. The first kappa shape index (κ1) is 10.3. The van der Waals surface area contributed by atoms with Gasteiger partial charge in [-0.3, -0.25) is 0 Å². The lowest BCUT2D eigenvalue weighted by molar-refractivity contribution is 0.592. The molecule has 1 aromatic rings. The molecule has 2 N–H and O–H groups in total. The fraction of sp³-hybridized carbons (Fsp3) is 0.700. The molecule has 0 saturated heterocycles. The van der Waals surface area contributed by atoms with E-state index in [1.54, 1.807) is 0 Å². The third-order valence-electron chi connectivity index (χ3n) is 2.09. The van der Waals surface area contributed by atoms with E-state index >= 15 is 0 Å². The van der Waals surface area contributed by atoms with Crippen LogP contribution in [0.2, 0.25) is 0 Å². The van der Waals surface area contributed by atoms with Gasteiger partial charge in [-0.2, -0.15) is 0 Å². The lowest BCUT2D eigenvalue weighted by atomic mass is 10.2. The lowest BCUT2D eigenvalue weighted by Gasteiger charge is -2.07. The van der Waals surface area contributed by atoms with E-state index in [-0.39, 0.29) is 6.04 Å². The minimum absolute atomic E-state index is 0.270. The van der Waals surface area contributed by atoms with E-state index in [9.17, 15) is 0 Å². The second-order valence-corrected chi connectivity index (χ2v) is 3.55. The van der Waals surface area contributed by atoms with Crippen molar-refractivity contribution in [2.45, 2.75) is 45.7 Å². The summed E-state index contributed by atoms with van der Waals surface area (Å²) >= 11 is 0. The summed E-state index contributed by atoms with van der Waals surface area (Å²) in [4.78, 5) is 4.31. The Bertz CT molecular complexity index is 240. The minimum atomic E-state index is 0.270. The summed E-state index contributed by atoms with van der Waals surface area (Å²) in [6.07, 6.45) is 7.07. The van der Waals surface area contributed by atoms with Gasteiger partial charge in [0.05, 0.1) is 0 Å². The van der Waals surface area contributed by atoms with Crippen molar-refractivity contribution in [3.8, 4) is 0 Å². The molecule has 0 amide bonds. The maximum atomic E-state index is 5.70. The summed E-state index contributed by atoms with van der Waals surface area (Å²) < 4.78 is 2.21. The quantitative estimate of drug-likeness (QED) is 0.749. The molecule has 1 heterocycles. The number of aromatic nitrogens is 2. The number of hydrogen-bond acceptors (Lipinski definition) is 2. The number of aryl methyl sites for hydroxylation is 2. The summed E-state index contributed by atoms with van der Waals surface area (Å²) in [6.45, 7) is 5.27.